The number of hydrogen-bond donors (Lipinski definition) is 2. The minimum Gasteiger partial charge on any atom is -0.477 e. The van der Waals surface area contributed by atoms with Gasteiger partial charge in [-0.2, -0.15) is 4.98 Å². The molecule has 2 heterocycles. The summed E-state index contributed by atoms with van der Waals surface area (Å²) in [5, 5.41) is 6.92. The number of carbonyl (C=O) groups excluding carboxylic acids is 2. The fraction of sp³-hybridized carbons (Fsp3) is 0.423. The van der Waals surface area contributed by atoms with Crippen LogP contribution in [0.5, 0.6) is 5.88 Å². The van der Waals surface area contributed by atoms with Crippen LogP contribution >= 0.6 is 22.9 Å². The van der Waals surface area contributed by atoms with E-state index in [-0.39, 0.29) is 17.3 Å². The summed E-state index contributed by atoms with van der Waals surface area (Å²) in [4.78, 5) is 38.3. The molecule has 0 saturated carbocycles. The van der Waals surface area contributed by atoms with Gasteiger partial charge in [0, 0.05) is 6.07 Å². The summed E-state index contributed by atoms with van der Waals surface area (Å²) < 4.78 is 10.9. The Labute approximate surface area is 226 Å². The van der Waals surface area contributed by atoms with Crippen LogP contribution in [-0.2, 0) is 9.53 Å². The Morgan fingerprint density at radius 3 is 2.54 bits per heavy atom. The Morgan fingerprint density at radius 2 is 1.86 bits per heavy atom. The van der Waals surface area contributed by atoms with Gasteiger partial charge in [-0.25, -0.2) is 9.97 Å². The van der Waals surface area contributed by atoms with Crippen LogP contribution in [0.3, 0.4) is 0 Å². The predicted octanol–water partition coefficient (Wildman–Crippen LogP) is 6.19. The Balaban J connectivity index is 1.66. The van der Waals surface area contributed by atoms with E-state index in [9.17, 15) is 9.59 Å². The molecule has 0 aliphatic rings. The number of methoxy groups -OCH3 is 1. The maximum atomic E-state index is 12.7. The highest BCUT2D eigenvalue weighted by Crippen LogP contribution is 2.35. The molecule has 2 N–H and O–H groups in total. The molecule has 1 amide bonds. The number of ether oxygens (including phenoxy) is 2. The van der Waals surface area contributed by atoms with Crippen molar-refractivity contribution in [1.82, 2.24) is 15.0 Å². The average Bonchev–Trinajstić information content (AvgIpc) is 3.27. The molecule has 3 rings (SSSR count). The van der Waals surface area contributed by atoms with Crippen molar-refractivity contribution in [3.63, 3.8) is 0 Å². The monoisotopic (exact) mass is 545 g/mol. The van der Waals surface area contributed by atoms with E-state index in [1.807, 2.05) is 46.8 Å². The van der Waals surface area contributed by atoms with Gasteiger partial charge in [0.2, 0.25) is 5.88 Å². The molecule has 0 bridgehead atoms. The highest BCUT2D eigenvalue weighted by atomic mass is 35.5. The van der Waals surface area contributed by atoms with Gasteiger partial charge in [0.1, 0.15) is 16.5 Å². The second kappa shape index (κ2) is 11.4. The molecule has 2 aromatic heterocycles. The van der Waals surface area contributed by atoms with Crippen molar-refractivity contribution in [3.8, 4) is 5.88 Å². The SMILES string of the molecule is COC(=O)C(C)(C)CC(C)(C)COc1cc(Nc2ncc(C(=O)Nc3c(C)cccc3Cl)s2)nc(C)n1. The van der Waals surface area contributed by atoms with Crippen molar-refractivity contribution in [3.05, 3.63) is 51.7 Å². The predicted molar refractivity (Wildman–Crippen MR) is 146 cm³/mol. The van der Waals surface area contributed by atoms with Gasteiger partial charge in [0.05, 0.1) is 36.0 Å². The highest BCUT2D eigenvalue weighted by molar-refractivity contribution is 7.17. The van der Waals surface area contributed by atoms with Crippen molar-refractivity contribution in [2.75, 3.05) is 24.4 Å². The molecule has 0 fully saturated rings. The summed E-state index contributed by atoms with van der Waals surface area (Å²) in [6.45, 7) is 11.7. The minimum absolute atomic E-state index is 0.261. The number of benzene rings is 1. The van der Waals surface area contributed by atoms with Crippen LogP contribution in [0.4, 0.5) is 16.6 Å². The van der Waals surface area contributed by atoms with Crippen LogP contribution < -0.4 is 15.4 Å². The summed E-state index contributed by atoms with van der Waals surface area (Å²) in [7, 11) is 1.39. The number of nitrogens with one attached hydrogen (secondary N) is 2. The molecule has 0 saturated heterocycles. The maximum absolute atomic E-state index is 12.7. The topological polar surface area (TPSA) is 115 Å². The fourth-order valence-corrected chi connectivity index (χ4v) is 5.04. The van der Waals surface area contributed by atoms with Gasteiger partial charge in [-0.05, 0) is 51.2 Å². The van der Waals surface area contributed by atoms with Crippen molar-refractivity contribution in [2.24, 2.45) is 10.8 Å². The van der Waals surface area contributed by atoms with E-state index in [4.69, 9.17) is 21.1 Å². The van der Waals surface area contributed by atoms with Gasteiger partial charge in [-0.15, -0.1) is 0 Å². The zero-order chi connectivity index (χ0) is 27.4. The first-order chi connectivity index (χ1) is 17.3. The molecular weight excluding hydrogens is 514 g/mol. The summed E-state index contributed by atoms with van der Waals surface area (Å²) in [6, 6.07) is 7.10. The number of carbonyl (C=O) groups is 2. The standard InChI is InChI=1S/C26H32ClN5O4S/c1-15-9-8-10-17(27)21(15)32-22(33)18-12-28-24(37-18)31-19-11-20(30-16(2)29-19)36-14-25(3,4)13-26(5,6)23(34)35-7/h8-12H,13-14H2,1-7H3,(H,32,33)(H,28,29,30,31). The second-order valence-corrected chi connectivity index (χ2v) is 11.6. The molecule has 3 aromatic rings. The quantitative estimate of drug-likeness (QED) is 0.289. The number of nitrogens with zero attached hydrogens (tertiary/aromatic N) is 3. The van der Waals surface area contributed by atoms with E-state index in [2.05, 4.69) is 25.6 Å². The molecule has 37 heavy (non-hydrogen) atoms. The smallest absolute Gasteiger partial charge is 0.311 e. The van der Waals surface area contributed by atoms with E-state index in [0.717, 1.165) is 5.56 Å². The van der Waals surface area contributed by atoms with E-state index in [0.29, 0.717) is 51.3 Å². The Morgan fingerprint density at radius 1 is 1.14 bits per heavy atom. The number of rotatable bonds is 10. The molecule has 1 aromatic carbocycles. The first-order valence-electron chi connectivity index (χ1n) is 11.7. The Kier molecular flexibility index (Phi) is 8.76. The minimum atomic E-state index is -0.644. The molecule has 198 valence electrons. The van der Waals surface area contributed by atoms with E-state index in [1.165, 1.54) is 24.6 Å². The van der Waals surface area contributed by atoms with Gasteiger partial charge in [-0.1, -0.05) is 48.9 Å². The fourth-order valence-electron chi connectivity index (χ4n) is 4.06. The lowest BCUT2D eigenvalue weighted by Gasteiger charge is -2.32. The van der Waals surface area contributed by atoms with Crippen LogP contribution in [0, 0.1) is 24.7 Å². The van der Waals surface area contributed by atoms with E-state index < -0.39 is 5.41 Å². The first-order valence-corrected chi connectivity index (χ1v) is 12.9. The van der Waals surface area contributed by atoms with Crippen molar-refractivity contribution in [2.45, 2.75) is 48.0 Å². The molecule has 0 unspecified atom stereocenters. The number of para-hydroxylation sites is 1. The highest BCUT2D eigenvalue weighted by Gasteiger charge is 2.36. The van der Waals surface area contributed by atoms with Gasteiger partial charge in [0.15, 0.2) is 5.13 Å². The number of aromatic nitrogens is 3. The van der Waals surface area contributed by atoms with Crippen molar-refractivity contribution >= 4 is 51.5 Å². The van der Waals surface area contributed by atoms with Crippen molar-refractivity contribution in [1.29, 1.82) is 0 Å². The Hall–Kier alpha value is -3.24. The maximum Gasteiger partial charge on any atom is 0.311 e. The van der Waals surface area contributed by atoms with Crippen molar-refractivity contribution < 1.29 is 19.1 Å². The average molecular weight is 546 g/mol. The number of thiazole rings is 1. The number of esters is 1. The molecule has 0 radical (unpaired) electrons. The third kappa shape index (κ3) is 7.62. The number of anilines is 3. The van der Waals surface area contributed by atoms with Gasteiger partial charge in [0.25, 0.3) is 5.91 Å². The third-order valence-electron chi connectivity index (χ3n) is 5.51. The number of amides is 1. The summed E-state index contributed by atoms with van der Waals surface area (Å²) in [5.74, 6) is 0.822. The van der Waals surface area contributed by atoms with Gasteiger partial charge in [-0.3, -0.25) is 9.59 Å². The lowest BCUT2D eigenvalue weighted by molar-refractivity contribution is -0.152. The van der Waals surface area contributed by atoms with E-state index in [1.54, 1.807) is 19.1 Å². The second-order valence-electron chi connectivity index (χ2n) is 10.2. The zero-order valence-corrected chi connectivity index (χ0v) is 23.6. The number of halogens is 1. The molecule has 0 aliphatic heterocycles. The summed E-state index contributed by atoms with van der Waals surface area (Å²) in [5.41, 5.74) is 0.477. The molecular formula is C26H32ClN5O4S. The number of aryl methyl sites for hydroxylation is 2. The van der Waals surface area contributed by atoms with Gasteiger partial charge < -0.3 is 20.1 Å². The molecule has 11 heteroatoms. The van der Waals surface area contributed by atoms with Gasteiger partial charge >= 0.3 is 5.97 Å². The zero-order valence-electron chi connectivity index (χ0n) is 22.1. The molecule has 0 aliphatic carbocycles. The molecule has 0 spiro atoms. The molecule has 0 atom stereocenters. The summed E-state index contributed by atoms with van der Waals surface area (Å²) >= 11 is 7.41. The van der Waals surface area contributed by atoms with Crippen LogP contribution in [0.1, 0.15) is 55.2 Å². The van der Waals surface area contributed by atoms with E-state index >= 15 is 0 Å². The molecule has 9 nitrogen and oxygen atoms in total. The normalized spacial score (nSPS) is 11.7. The first kappa shape index (κ1) is 28.3. The Bertz CT molecular complexity index is 1270. The number of hydrogen-bond acceptors (Lipinski definition) is 9. The van der Waals surface area contributed by atoms with Crippen LogP contribution in [0.15, 0.2) is 30.5 Å². The largest absolute Gasteiger partial charge is 0.477 e. The van der Waals surface area contributed by atoms with Crippen LogP contribution in [0.25, 0.3) is 0 Å². The lowest BCUT2D eigenvalue weighted by Crippen LogP contribution is -2.34. The lowest BCUT2D eigenvalue weighted by atomic mass is 9.75. The summed E-state index contributed by atoms with van der Waals surface area (Å²) in [6.07, 6.45) is 2.06. The van der Waals surface area contributed by atoms with Crippen LogP contribution in [0.2, 0.25) is 5.02 Å². The third-order valence-corrected chi connectivity index (χ3v) is 6.74. The van der Waals surface area contributed by atoms with Crippen LogP contribution in [-0.4, -0.2) is 40.5 Å².